The van der Waals surface area contributed by atoms with E-state index in [0.29, 0.717) is 21.6 Å². The number of hydrogen-bond acceptors (Lipinski definition) is 7. The molecule has 1 atom stereocenters. The van der Waals surface area contributed by atoms with Crippen LogP contribution in [0.15, 0.2) is 74.1 Å². The van der Waals surface area contributed by atoms with E-state index >= 15 is 0 Å². The summed E-state index contributed by atoms with van der Waals surface area (Å²) in [7, 11) is 0. The number of esters is 1. The maximum Gasteiger partial charge on any atom is 0.338 e. The molecule has 0 saturated carbocycles. The van der Waals surface area contributed by atoms with E-state index in [1.54, 1.807) is 32.0 Å². The molecule has 168 valence electrons. The van der Waals surface area contributed by atoms with E-state index in [1.807, 2.05) is 24.3 Å². The van der Waals surface area contributed by atoms with Gasteiger partial charge in [0.25, 0.3) is 11.2 Å². The molecule has 0 radical (unpaired) electrons. The summed E-state index contributed by atoms with van der Waals surface area (Å²) in [5, 5.41) is 11.4. The standard InChI is InChI=1S/C23H18BrN3O5S/c1-3-32-22(29)19-13(2)25-23-26(20(19)15-8-6-9-16(24)11-15)21(28)18(33-23)12-14-7-4-5-10-17(14)27(30)31/h4-12,20H,3H2,1-2H3. The zero-order valence-corrected chi connectivity index (χ0v) is 20.1. The summed E-state index contributed by atoms with van der Waals surface area (Å²) in [6, 6.07) is 12.8. The van der Waals surface area contributed by atoms with Crippen molar-refractivity contribution in [2.24, 2.45) is 4.99 Å². The fraction of sp³-hybridized carbons (Fsp3) is 0.174. The maximum atomic E-state index is 13.5. The number of aromatic nitrogens is 1. The summed E-state index contributed by atoms with van der Waals surface area (Å²) in [6.07, 6.45) is 1.49. The smallest absolute Gasteiger partial charge is 0.338 e. The molecule has 33 heavy (non-hydrogen) atoms. The zero-order chi connectivity index (χ0) is 23.7. The Morgan fingerprint density at radius 2 is 2.06 bits per heavy atom. The average Bonchev–Trinajstić information content (AvgIpc) is 3.07. The number of nitro groups is 1. The van der Waals surface area contributed by atoms with E-state index in [1.165, 1.54) is 16.7 Å². The van der Waals surface area contributed by atoms with Gasteiger partial charge in [-0.25, -0.2) is 9.79 Å². The number of nitrogens with zero attached hydrogens (tertiary/aromatic N) is 3. The Morgan fingerprint density at radius 3 is 2.76 bits per heavy atom. The van der Waals surface area contributed by atoms with Crippen molar-refractivity contribution in [2.75, 3.05) is 6.61 Å². The molecular formula is C23H18BrN3O5S. The molecule has 0 amide bonds. The van der Waals surface area contributed by atoms with Gasteiger partial charge in [-0.3, -0.25) is 19.5 Å². The number of ether oxygens (including phenoxy) is 1. The molecule has 2 aromatic carbocycles. The minimum absolute atomic E-state index is 0.102. The fourth-order valence-electron chi connectivity index (χ4n) is 3.70. The van der Waals surface area contributed by atoms with E-state index in [0.717, 1.165) is 15.8 Å². The molecule has 10 heteroatoms. The second kappa shape index (κ2) is 9.24. The van der Waals surface area contributed by atoms with E-state index < -0.39 is 22.5 Å². The summed E-state index contributed by atoms with van der Waals surface area (Å²) < 4.78 is 7.79. The highest BCUT2D eigenvalue weighted by atomic mass is 79.9. The molecule has 3 aromatic rings. The molecule has 4 rings (SSSR count). The van der Waals surface area contributed by atoms with Gasteiger partial charge in [0.05, 0.1) is 38.9 Å². The predicted molar refractivity (Wildman–Crippen MR) is 128 cm³/mol. The third kappa shape index (κ3) is 4.31. The summed E-state index contributed by atoms with van der Waals surface area (Å²) in [5.74, 6) is -0.545. The van der Waals surface area contributed by atoms with Crippen molar-refractivity contribution in [2.45, 2.75) is 19.9 Å². The Morgan fingerprint density at radius 1 is 1.30 bits per heavy atom. The molecule has 0 aliphatic carbocycles. The van der Waals surface area contributed by atoms with Crippen LogP contribution in [0.25, 0.3) is 6.08 Å². The van der Waals surface area contributed by atoms with Crippen LogP contribution in [0.4, 0.5) is 5.69 Å². The number of benzene rings is 2. The van der Waals surface area contributed by atoms with Crippen LogP contribution >= 0.6 is 27.3 Å². The zero-order valence-electron chi connectivity index (χ0n) is 17.6. The lowest BCUT2D eigenvalue weighted by Gasteiger charge is -2.24. The van der Waals surface area contributed by atoms with Crippen LogP contribution in [0.2, 0.25) is 0 Å². The highest BCUT2D eigenvalue weighted by Gasteiger charge is 2.33. The normalized spacial score (nSPS) is 15.7. The second-order valence-corrected chi connectivity index (χ2v) is 9.10. The minimum atomic E-state index is -0.745. The summed E-state index contributed by atoms with van der Waals surface area (Å²) in [6.45, 7) is 3.60. The lowest BCUT2D eigenvalue weighted by atomic mass is 9.96. The van der Waals surface area contributed by atoms with Crippen LogP contribution < -0.4 is 14.9 Å². The number of fused-ring (bicyclic) bond motifs is 1. The van der Waals surface area contributed by atoms with Gasteiger partial charge in [-0.05, 0) is 43.7 Å². The Kier molecular flexibility index (Phi) is 6.39. The van der Waals surface area contributed by atoms with E-state index in [-0.39, 0.29) is 22.4 Å². The van der Waals surface area contributed by atoms with Crippen molar-refractivity contribution >= 4 is 45.0 Å². The maximum absolute atomic E-state index is 13.5. The van der Waals surface area contributed by atoms with Gasteiger partial charge >= 0.3 is 5.97 Å². The Labute approximate surface area is 200 Å². The molecule has 8 nitrogen and oxygen atoms in total. The van der Waals surface area contributed by atoms with Crippen molar-refractivity contribution in [1.29, 1.82) is 0 Å². The molecular weight excluding hydrogens is 510 g/mol. The van der Waals surface area contributed by atoms with Crippen LogP contribution in [0, 0.1) is 10.1 Å². The summed E-state index contributed by atoms with van der Waals surface area (Å²) in [4.78, 5) is 42.2. The average molecular weight is 528 g/mol. The number of thiazole rings is 1. The molecule has 0 fully saturated rings. The van der Waals surface area contributed by atoms with E-state index in [9.17, 15) is 19.7 Å². The van der Waals surface area contributed by atoms with Crippen molar-refractivity contribution in [3.05, 3.63) is 105 Å². The molecule has 0 saturated heterocycles. The first-order valence-electron chi connectivity index (χ1n) is 10.0. The number of nitro benzene ring substituents is 1. The monoisotopic (exact) mass is 527 g/mol. The van der Waals surface area contributed by atoms with Crippen molar-refractivity contribution in [1.82, 2.24) is 4.57 Å². The second-order valence-electron chi connectivity index (χ2n) is 7.17. The third-order valence-electron chi connectivity index (χ3n) is 5.10. The Balaban J connectivity index is 1.99. The first-order valence-corrected chi connectivity index (χ1v) is 11.6. The van der Waals surface area contributed by atoms with Gasteiger partial charge in [-0.1, -0.05) is 51.5 Å². The lowest BCUT2D eigenvalue weighted by Crippen LogP contribution is -2.39. The van der Waals surface area contributed by atoms with Crippen LogP contribution in [0.3, 0.4) is 0 Å². The molecule has 0 N–H and O–H groups in total. The quantitative estimate of drug-likeness (QED) is 0.287. The topological polar surface area (TPSA) is 104 Å². The van der Waals surface area contributed by atoms with E-state index in [4.69, 9.17) is 4.74 Å². The van der Waals surface area contributed by atoms with Crippen LogP contribution in [0.1, 0.15) is 31.0 Å². The molecule has 1 aromatic heterocycles. The Bertz CT molecular complexity index is 1490. The van der Waals surface area contributed by atoms with Gasteiger partial charge in [0, 0.05) is 10.5 Å². The molecule has 2 heterocycles. The predicted octanol–water partition coefficient (Wildman–Crippen LogP) is 3.47. The number of hydrogen-bond donors (Lipinski definition) is 0. The third-order valence-corrected chi connectivity index (χ3v) is 6.58. The minimum Gasteiger partial charge on any atom is -0.463 e. The summed E-state index contributed by atoms with van der Waals surface area (Å²) in [5.41, 5.74) is 1.26. The SMILES string of the molecule is CCOC(=O)C1=C(C)N=c2sc(=Cc3ccccc3[N+](=O)[O-])c(=O)n2C1c1cccc(Br)c1. The molecule has 1 aliphatic rings. The van der Waals surface area contributed by atoms with E-state index in [2.05, 4.69) is 20.9 Å². The van der Waals surface area contributed by atoms with Crippen LogP contribution in [0.5, 0.6) is 0 Å². The van der Waals surface area contributed by atoms with Crippen molar-refractivity contribution in [3.63, 3.8) is 0 Å². The molecule has 1 unspecified atom stereocenters. The first-order chi connectivity index (χ1) is 15.8. The number of halogens is 1. The molecule has 0 bridgehead atoms. The Hall–Kier alpha value is -3.37. The van der Waals surface area contributed by atoms with Crippen LogP contribution in [-0.4, -0.2) is 22.1 Å². The molecule has 1 aliphatic heterocycles. The van der Waals surface area contributed by atoms with Gasteiger partial charge in [0.15, 0.2) is 4.80 Å². The number of para-hydroxylation sites is 1. The van der Waals surface area contributed by atoms with Gasteiger partial charge in [0.2, 0.25) is 0 Å². The number of carbonyl (C=O) groups excluding carboxylic acids is 1. The van der Waals surface area contributed by atoms with Crippen molar-refractivity contribution < 1.29 is 14.5 Å². The number of carbonyl (C=O) groups is 1. The number of rotatable bonds is 5. The highest BCUT2D eigenvalue weighted by molar-refractivity contribution is 9.10. The van der Waals surface area contributed by atoms with Crippen LogP contribution in [-0.2, 0) is 9.53 Å². The van der Waals surface area contributed by atoms with Gasteiger partial charge in [-0.2, -0.15) is 0 Å². The van der Waals surface area contributed by atoms with Gasteiger partial charge < -0.3 is 4.74 Å². The van der Waals surface area contributed by atoms with Gasteiger partial charge in [-0.15, -0.1) is 0 Å². The van der Waals surface area contributed by atoms with Gasteiger partial charge in [0.1, 0.15) is 0 Å². The largest absolute Gasteiger partial charge is 0.463 e. The molecule has 0 spiro atoms. The highest BCUT2D eigenvalue weighted by Crippen LogP contribution is 2.32. The first kappa shape index (κ1) is 22.8. The fourth-order valence-corrected chi connectivity index (χ4v) is 5.16. The number of allylic oxidation sites excluding steroid dienone is 1. The van der Waals surface area contributed by atoms with Crippen molar-refractivity contribution in [3.8, 4) is 0 Å². The lowest BCUT2D eigenvalue weighted by molar-refractivity contribution is -0.385. The summed E-state index contributed by atoms with van der Waals surface area (Å²) >= 11 is 4.57.